The number of ether oxygens (including phenoxy) is 1. The lowest BCUT2D eigenvalue weighted by Crippen LogP contribution is -2.36. The monoisotopic (exact) mass is 380 g/mol. The third-order valence-corrected chi connectivity index (χ3v) is 3.54. The van der Waals surface area contributed by atoms with Crippen molar-refractivity contribution >= 4 is 11.8 Å². The molecule has 0 spiro atoms. The van der Waals surface area contributed by atoms with E-state index in [2.05, 4.69) is 15.4 Å². The molecule has 2 aromatic rings. The van der Waals surface area contributed by atoms with Gasteiger partial charge >= 0.3 is 6.18 Å². The van der Waals surface area contributed by atoms with Gasteiger partial charge in [-0.05, 0) is 36.8 Å². The topological polar surface area (TPSA) is 67.4 Å². The lowest BCUT2D eigenvalue weighted by atomic mass is 10.1. The molecule has 0 aromatic heterocycles. The van der Waals surface area contributed by atoms with Crippen LogP contribution in [0.3, 0.4) is 0 Å². The molecule has 0 saturated heterocycles. The molecule has 144 valence electrons. The average Bonchev–Trinajstić information content (AvgIpc) is 2.63. The molecule has 0 radical (unpaired) electrons. The molecule has 0 bridgehead atoms. The summed E-state index contributed by atoms with van der Waals surface area (Å²) >= 11 is 0. The highest BCUT2D eigenvalue weighted by Gasteiger charge is 2.28. The Morgan fingerprint density at radius 2 is 1.59 bits per heavy atom. The second-order valence-electron chi connectivity index (χ2n) is 5.87. The van der Waals surface area contributed by atoms with E-state index in [4.69, 9.17) is 0 Å². The van der Waals surface area contributed by atoms with Crippen LogP contribution in [0.1, 0.15) is 21.5 Å². The highest BCUT2D eigenvalue weighted by atomic mass is 19.4. The summed E-state index contributed by atoms with van der Waals surface area (Å²) in [5.74, 6) is -0.642. The Labute approximate surface area is 154 Å². The van der Waals surface area contributed by atoms with Crippen molar-refractivity contribution < 1.29 is 27.5 Å². The van der Waals surface area contributed by atoms with Crippen LogP contribution in [0.15, 0.2) is 48.5 Å². The number of benzene rings is 2. The van der Waals surface area contributed by atoms with E-state index in [1.54, 1.807) is 36.4 Å². The molecule has 8 heteroatoms. The normalized spacial score (nSPS) is 11.0. The van der Waals surface area contributed by atoms with Crippen molar-refractivity contribution in [2.45, 2.75) is 19.6 Å². The van der Waals surface area contributed by atoms with Crippen molar-refractivity contribution in [1.82, 2.24) is 10.6 Å². The molecule has 27 heavy (non-hydrogen) atoms. The number of amides is 2. The van der Waals surface area contributed by atoms with Crippen molar-refractivity contribution in [2.75, 3.05) is 13.2 Å². The van der Waals surface area contributed by atoms with Crippen molar-refractivity contribution in [3.8, 4) is 5.75 Å². The standard InChI is InChI=1S/C19H19F3N2O3/c1-13-2-6-15(7-3-13)18(26)24-11-17(25)23-10-14-4-8-16(9-5-14)27-12-19(20,21)22/h2-9H,10-12H2,1H3,(H,23,25)(H,24,26). The molecule has 0 atom stereocenters. The van der Waals surface area contributed by atoms with E-state index >= 15 is 0 Å². The van der Waals surface area contributed by atoms with Gasteiger partial charge in [-0.25, -0.2) is 0 Å². The Hall–Kier alpha value is -3.03. The molecule has 2 N–H and O–H groups in total. The fraction of sp³-hybridized carbons (Fsp3) is 0.263. The van der Waals surface area contributed by atoms with Gasteiger partial charge in [-0.2, -0.15) is 13.2 Å². The van der Waals surface area contributed by atoms with Crippen molar-refractivity contribution in [3.63, 3.8) is 0 Å². The van der Waals surface area contributed by atoms with Gasteiger partial charge in [0.05, 0.1) is 6.54 Å². The van der Waals surface area contributed by atoms with E-state index in [0.29, 0.717) is 11.1 Å². The van der Waals surface area contributed by atoms with Crippen LogP contribution in [0.4, 0.5) is 13.2 Å². The van der Waals surface area contributed by atoms with Crippen molar-refractivity contribution in [1.29, 1.82) is 0 Å². The van der Waals surface area contributed by atoms with Gasteiger partial charge in [-0.15, -0.1) is 0 Å². The third kappa shape index (κ3) is 7.39. The zero-order valence-corrected chi connectivity index (χ0v) is 14.6. The van der Waals surface area contributed by atoms with E-state index in [1.807, 2.05) is 6.92 Å². The number of nitrogens with one attached hydrogen (secondary N) is 2. The molecule has 0 aliphatic carbocycles. The highest BCUT2D eigenvalue weighted by Crippen LogP contribution is 2.18. The van der Waals surface area contributed by atoms with Gasteiger partial charge in [-0.1, -0.05) is 29.8 Å². The Balaban J connectivity index is 1.73. The molecule has 0 aliphatic rings. The number of hydrogen-bond donors (Lipinski definition) is 2. The van der Waals surface area contributed by atoms with E-state index in [9.17, 15) is 22.8 Å². The molecule has 0 fully saturated rings. The molecule has 0 unspecified atom stereocenters. The molecular formula is C19H19F3N2O3. The van der Waals surface area contributed by atoms with Gasteiger partial charge in [0.25, 0.3) is 5.91 Å². The maximum Gasteiger partial charge on any atom is 0.422 e. The summed E-state index contributed by atoms with van der Waals surface area (Å²) in [6, 6.07) is 12.8. The van der Waals surface area contributed by atoms with Crippen LogP contribution in [0.2, 0.25) is 0 Å². The van der Waals surface area contributed by atoms with E-state index in [1.165, 1.54) is 12.1 Å². The van der Waals surface area contributed by atoms with Crippen molar-refractivity contribution in [2.24, 2.45) is 0 Å². The number of halogens is 3. The smallest absolute Gasteiger partial charge is 0.422 e. The lowest BCUT2D eigenvalue weighted by Gasteiger charge is -2.10. The first-order valence-corrected chi connectivity index (χ1v) is 8.13. The van der Waals surface area contributed by atoms with Gasteiger partial charge in [-0.3, -0.25) is 9.59 Å². The molecule has 0 aliphatic heterocycles. The Morgan fingerprint density at radius 1 is 0.963 bits per heavy atom. The van der Waals surface area contributed by atoms with Crippen LogP contribution >= 0.6 is 0 Å². The number of alkyl halides is 3. The first-order chi connectivity index (χ1) is 12.7. The highest BCUT2D eigenvalue weighted by molar-refractivity contribution is 5.96. The van der Waals surface area contributed by atoms with Gasteiger partial charge in [0.1, 0.15) is 5.75 Å². The largest absolute Gasteiger partial charge is 0.484 e. The Bertz CT molecular complexity index is 772. The van der Waals surface area contributed by atoms with E-state index in [-0.39, 0.29) is 30.7 Å². The summed E-state index contributed by atoms with van der Waals surface area (Å²) < 4.78 is 40.9. The molecule has 2 amide bonds. The van der Waals surface area contributed by atoms with Crippen LogP contribution < -0.4 is 15.4 Å². The second kappa shape index (κ2) is 9.07. The number of hydrogen-bond acceptors (Lipinski definition) is 3. The predicted molar refractivity (Wildman–Crippen MR) is 93.4 cm³/mol. The summed E-state index contributed by atoms with van der Waals surface area (Å²) in [5, 5.41) is 5.13. The number of carbonyl (C=O) groups is 2. The fourth-order valence-corrected chi connectivity index (χ4v) is 2.10. The third-order valence-electron chi connectivity index (χ3n) is 3.54. The SMILES string of the molecule is Cc1ccc(C(=O)NCC(=O)NCc2ccc(OCC(F)(F)F)cc2)cc1. The molecule has 5 nitrogen and oxygen atoms in total. The maximum absolute atomic E-state index is 12.1. The maximum atomic E-state index is 12.1. The van der Waals surface area contributed by atoms with Gasteiger partial charge < -0.3 is 15.4 Å². The van der Waals surface area contributed by atoms with Gasteiger partial charge in [0, 0.05) is 12.1 Å². The summed E-state index contributed by atoms with van der Waals surface area (Å²) in [5.41, 5.74) is 2.18. The summed E-state index contributed by atoms with van der Waals surface area (Å²) in [7, 11) is 0. The van der Waals surface area contributed by atoms with Crippen LogP contribution in [-0.4, -0.2) is 31.1 Å². The molecule has 2 rings (SSSR count). The van der Waals surface area contributed by atoms with Crippen LogP contribution in [0.5, 0.6) is 5.75 Å². The minimum absolute atomic E-state index is 0.0905. The van der Waals surface area contributed by atoms with Crippen LogP contribution in [-0.2, 0) is 11.3 Å². The molecule has 0 heterocycles. The predicted octanol–water partition coefficient (Wildman–Crippen LogP) is 2.98. The number of aryl methyl sites for hydroxylation is 1. The fourth-order valence-electron chi connectivity index (χ4n) is 2.10. The van der Waals surface area contributed by atoms with E-state index in [0.717, 1.165) is 5.56 Å². The summed E-state index contributed by atoms with van der Waals surface area (Å²) in [6.45, 7) is 0.548. The van der Waals surface area contributed by atoms with Crippen molar-refractivity contribution in [3.05, 3.63) is 65.2 Å². The summed E-state index contributed by atoms with van der Waals surface area (Å²) in [6.07, 6.45) is -4.39. The Morgan fingerprint density at radius 3 is 2.19 bits per heavy atom. The van der Waals surface area contributed by atoms with Crippen LogP contribution in [0, 0.1) is 6.92 Å². The van der Waals surface area contributed by atoms with Gasteiger partial charge in [0.15, 0.2) is 6.61 Å². The quantitative estimate of drug-likeness (QED) is 0.776. The second-order valence-corrected chi connectivity index (χ2v) is 5.87. The summed E-state index contributed by atoms with van der Waals surface area (Å²) in [4.78, 5) is 23.7. The first kappa shape index (κ1) is 20.3. The van der Waals surface area contributed by atoms with Gasteiger partial charge in [0.2, 0.25) is 5.91 Å². The molecule has 0 saturated carbocycles. The minimum atomic E-state index is -4.39. The average molecular weight is 380 g/mol. The lowest BCUT2D eigenvalue weighted by molar-refractivity contribution is -0.153. The zero-order valence-electron chi connectivity index (χ0n) is 14.6. The molecule has 2 aromatic carbocycles. The Kier molecular flexibility index (Phi) is 6.81. The first-order valence-electron chi connectivity index (χ1n) is 8.13. The van der Waals surface area contributed by atoms with E-state index < -0.39 is 12.8 Å². The molecular weight excluding hydrogens is 361 g/mol. The minimum Gasteiger partial charge on any atom is -0.484 e. The number of rotatable bonds is 7. The number of carbonyl (C=O) groups excluding carboxylic acids is 2. The van der Waals surface area contributed by atoms with Crippen LogP contribution in [0.25, 0.3) is 0 Å². The zero-order chi connectivity index (χ0) is 19.9.